The lowest BCUT2D eigenvalue weighted by Gasteiger charge is -2.27. The van der Waals surface area contributed by atoms with Crippen molar-refractivity contribution in [2.45, 2.75) is 72.6 Å². The second-order valence-corrected chi connectivity index (χ2v) is 7.61. The first-order chi connectivity index (χ1) is 10.3. The van der Waals surface area contributed by atoms with E-state index in [1.807, 2.05) is 0 Å². The fourth-order valence-corrected chi connectivity index (χ4v) is 3.42. The Morgan fingerprint density at radius 1 is 1.18 bits per heavy atom. The van der Waals surface area contributed by atoms with E-state index in [-0.39, 0.29) is 5.41 Å². The highest BCUT2D eigenvalue weighted by atomic mass is 15.1. The van der Waals surface area contributed by atoms with Gasteiger partial charge in [-0.25, -0.2) is 0 Å². The van der Waals surface area contributed by atoms with Crippen LogP contribution in [0.3, 0.4) is 0 Å². The molecular weight excluding hydrogens is 268 g/mol. The van der Waals surface area contributed by atoms with Gasteiger partial charge in [-0.05, 0) is 59.9 Å². The van der Waals surface area contributed by atoms with Gasteiger partial charge in [0.1, 0.15) is 5.84 Å². The summed E-state index contributed by atoms with van der Waals surface area (Å²) in [4.78, 5) is 4.58. The lowest BCUT2D eigenvalue weighted by molar-refractivity contribution is 0.577. The molecule has 0 aliphatic carbocycles. The molecule has 2 heteroatoms. The van der Waals surface area contributed by atoms with E-state index in [0.717, 1.165) is 25.3 Å². The summed E-state index contributed by atoms with van der Waals surface area (Å²) in [6.45, 7) is 15.8. The maximum atomic E-state index is 4.58. The van der Waals surface area contributed by atoms with Gasteiger partial charge in [0.25, 0.3) is 0 Å². The Morgan fingerprint density at radius 3 is 2.45 bits per heavy atom. The summed E-state index contributed by atoms with van der Waals surface area (Å²) >= 11 is 0. The fraction of sp³-hybridized carbons (Fsp3) is 0.650. The maximum Gasteiger partial charge on any atom is 0.101 e. The van der Waals surface area contributed by atoms with Crippen LogP contribution in [-0.2, 0) is 18.3 Å². The normalized spacial score (nSPS) is 14.9. The van der Waals surface area contributed by atoms with Crippen molar-refractivity contribution in [2.75, 3.05) is 13.1 Å². The van der Waals surface area contributed by atoms with Crippen molar-refractivity contribution in [3.05, 3.63) is 33.9 Å². The van der Waals surface area contributed by atoms with E-state index < -0.39 is 0 Å². The van der Waals surface area contributed by atoms with Gasteiger partial charge in [-0.3, -0.25) is 4.99 Å². The van der Waals surface area contributed by atoms with E-state index in [2.05, 4.69) is 57.9 Å². The number of benzene rings is 1. The van der Waals surface area contributed by atoms with Crippen molar-refractivity contribution in [3.63, 3.8) is 0 Å². The molecule has 0 fully saturated rings. The van der Waals surface area contributed by atoms with E-state index in [1.165, 1.54) is 41.5 Å². The third kappa shape index (κ3) is 3.71. The van der Waals surface area contributed by atoms with E-state index >= 15 is 0 Å². The summed E-state index contributed by atoms with van der Waals surface area (Å²) in [5, 5.41) is 3.42. The molecule has 1 N–H and O–H groups in total. The van der Waals surface area contributed by atoms with Crippen molar-refractivity contribution in [2.24, 2.45) is 4.99 Å². The summed E-state index contributed by atoms with van der Waals surface area (Å²) in [5.74, 6) is 1.16. The number of nitrogens with zero attached hydrogens (tertiary/aromatic N) is 1. The molecule has 1 aromatic carbocycles. The van der Waals surface area contributed by atoms with E-state index in [4.69, 9.17) is 0 Å². The van der Waals surface area contributed by atoms with Crippen LogP contribution >= 0.6 is 0 Å². The predicted octanol–water partition coefficient (Wildman–Crippen LogP) is 4.49. The van der Waals surface area contributed by atoms with Crippen LogP contribution in [-0.4, -0.2) is 18.9 Å². The first-order valence-electron chi connectivity index (χ1n) is 8.74. The summed E-state index contributed by atoms with van der Waals surface area (Å²) < 4.78 is 0. The molecule has 0 unspecified atom stereocenters. The largest absolute Gasteiger partial charge is 0.372 e. The van der Waals surface area contributed by atoms with Crippen LogP contribution in [0.1, 0.15) is 68.4 Å². The molecule has 1 aliphatic rings. The zero-order valence-electron chi connectivity index (χ0n) is 15.3. The van der Waals surface area contributed by atoms with E-state index in [9.17, 15) is 0 Å². The molecule has 0 aromatic heterocycles. The molecule has 122 valence electrons. The molecule has 1 heterocycles. The van der Waals surface area contributed by atoms with Crippen LogP contribution in [0.15, 0.2) is 11.1 Å². The highest BCUT2D eigenvalue weighted by Gasteiger charge is 2.22. The molecule has 0 amide bonds. The number of rotatable bonds is 5. The minimum atomic E-state index is 0.209. The number of aliphatic imine (C=N–C) groups is 1. The number of nitrogens with one attached hydrogen (secondary N) is 1. The Bertz CT molecular complexity index is 562. The average Bonchev–Trinajstić information content (AvgIpc) is 2.94. The number of hydrogen-bond acceptors (Lipinski definition) is 2. The standard InChI is InChI=1S/C20H32N2/c1-7-8-9-16-15(3)17(13-19-21-10-11-22-19)14(2)12-18(16)20(4,5)6/h12H,7-11,13H2,1-6H3,(H,21,22). The van der Waals surface area contributed by atoms with Gasteiger partial charge in [0.15, 0.2) is 0 Å². The molecule has 2 rings (SSSR count). The van der Waals surface area contributed by atoms with E-state index in [1.54, 1.807) is 5.56 Å². The molecule has 0 saturated carbocycles. The molecule has 2 nitrogen and oxygen atoms in total. The highest BCUT2D eigenvalue weighted by Crippen LogP contribution is 2.33. The van der Waals surface area contributed by atoms with Crippen molar-refractivity contribution in [1.29, 1.82) is 0 Å². The lowest BCUT2D eigenvalue weighted by Crippen LogP contribution is -2.23. The number of unbranched alkanes of at least 4 members (excludes halogenated alkanes) is 1. The molecule has 1 aromatic rings. The van der Waals surface area contributed by atoms with Gasteiger partial charge in [-0.1, -0.05) is 40.2 Å². The van der Waals surface area contributed by atoms with Crippen LogP contribution in [0.4, 0.5) is 0 Å². The van der Waals surface area contributed by atoms with Gasteiger partial charge in [0, 0.05) is 13.0 Å². The smallest absolute Gasteiger partial charge is 0.101 e. The lowest BCUT2D eigenvalue weighted by atomic mass is 9.78. The number of hydrogen-bond donors (Lipinski definition) is 1. The predicted molar refractivity (Wildman–Crippen MR) is 97.2 cm³/mol. The van der Waals surface area contributed by atoms with Crippen molar-refractivity contribution in [1.82, 2.24) is 5.32 Å². The number of amidine groups is 1. The third-order valence-corrected chi connectivity index (χ3v) is 4.74. The van der Waals surface area contributed by atoms with Crippen LogP contribution in [0.5, 0.6) is 0 Å². The number of aryl methyl sites for hydroxylation is 1. The Labute approximate surface area is 136 Å². The quantitative estimate of drug-likeness (QED) is 0.851. The van der Waals surface area contributed by atoms with Gasteiger partial charge in [0.05, 0.1) is 6.54 Å². The Kier molecular flexibility index (Phi) is 5.31. The zero-order valence-corrected chi connectivity index (χ0v) is 15.3. The van der Waals surface area contributed by atoms with Crippen molar-refractivity contribution < 1.29 is 0 Å². The second kappa shape index (κ2) is 6.85. The highest BCUT2D eigenvalue weighted by molar-refractivity contribution is 5.86. The molecule has 0 radical (unpaired) electrons. The van der Waals surface area contributed by atoms with Crippen molar-refractivity contribution >= 4 is 5.84 Å². The molecule has 0 bridgehead atoms. The van der Waals surface area contributed by atoms with Crippen LogP contribution < -0.4 is 5.32 Å². The average molecular weight is 300 g/mol. The minimum absolute atomic E-state index is 0.209. The molecule has 0 saturated heterocycles. The third-order valence-electron chi connectivity index (χ3n) is 4.74. The fourth-order valence-electron chi connectivity index (χ4n) is 3.42. The van der Waals surface area contributed by atoms with Crippen LogP contribution in [0, 0.1) is 13.8 Å². The Hall–Kier alpha value is -1.31. The Balaban J connectivity index is 2.46. The Morgan fingerprint density at radius 2 is 1.91 bits per heavy atom. The monoisotopic (exact) mass is 300 g/mol. The topological polar surface area (TPSA) is 24.4 Å². The maximum absolute atomic E-state index is 4.58. The molecule has 1 aliphatic heterocycles. The van der Waals surface area contributed by atoms with Gasteiger partial charge in [-0.2, -0.15) is 0 Å². The van der Waals surface area contributed by atoms with Gasteiger partial charge < -0.3 is 5.32 Å². The molecule has 22 heavy (non-hydrogen) atoms. The summed E-state index contributed by atoms with van der Waals surface area (Å²) in [6, 6.07) is 2.43. The molecular formula is C20H32N2. The SMILES string of the molecule is CCCCc1c(C(C)(C)C)cc(C)c(CC2=NCCN2)c1C. The zero-order chi connectivity index (χ0) is 16.3. The summed E-state index contributed by atoms with van der Waals surface area (Å²) in [7, 11) is 0. The van der Waals surface area contributed by atoms with Gasteiger partial charge in [-0.15, -0.1) is 0 Å². The van der Waals surface area contributed by atoms with Crippen molar-refractivity contribution in [3.8, 4) is 0 Å². The minimum Gasteiger partial charge on any atom is -0.372 e. The van der Waals surface area contributed by atoms with Crippen LogP contribution in [0.2, 0.25) is 0 Å². The van der Waals surface area contributed by atoms with Gasteiger partial charge >= 0.3 is 0 Å². The van der Waals surface area contributed by atoms with Crippen LogP contribution in [0.25, 0.3) is 0 Å². The molecule has 0 spiro atoms. The summed E-state index contributed by atoms with van der Waals surface area (Å²) in [6.07, 6.45) is 4.68. The van der Waals surface area contributed by atoms with Gasteiger partial charge in [0.2, 0.25) is 0 Å². The first-order valence-corrected chi connectivity index (χ1v) is 8.74. The second-order valence-electron chi connectivity index (χ2n) is 7.61. The molecule has 0 atom stereocenters. The first kappa shape index (κ1) is 17.1. The van der Waals surface area contributed by atoms with E-state index in [0.29, 0.717) is 0 Å². The summed E-state index contributed by atoms with van der Waals surface area (Å²) in [5.41, 5.74) is 7.70.